The van der Waals surface area contributed by atoms with E-state index in [1.165, 1.54) is 51.4 Å². The molecule has 0 aliphatic heterocycles. The predicted octanol–water partition coefficient (Wildman–Crippen LogP) is 6.34. The van der Waals surface area contributed by atoms with Gasteiger partial charge in [-0.15, -0.1) is 0 Å². The van der Waals surface area contributed by atoms with Crippen molar-refractivity contribution in [3.8, 4) is 0 Å². The minimum absolute atomic E-state index is 0.0377. The van der Waals surface area contributed by atoms with E-state index in [-0.39, 0.29) is 11.4 Å². The fourth-order valence-electron chi connectivity index (χ4n) is 3.36. The number of nitrogens with two attached hydrogens (primary N) is 1. The van der Waals surface area contributed by atoms with Crippen LogP contribution < -0.4 is 5.73 Å². The first kappa shape index (κ1) is 21.7. The second-order valence-electron chi connectivity index (χ2n) is 7.11. The second kappa shape index (κ2) is 12.9. The van der Waals surface area contributed by atoms with Crippen molar-refractivity contribution in [3.63, 3.8) is 0 Å². The van der Waals surface area contributed by atoms with Gasteiger partial charge in [0.15, 0.2) is 0 Å². The molecule has 0 saturated carbocycles. The molecule has 0 fully saturated rings. The molecule has 1 rings (SSSR count). The molecule has 0 aromatic heterocycles. The SMILES string of the molecule is CCCCCCCCc1c(CCCCCCC)ccc(C(N)=O)c1F. The van der Waals surface area contributed by atoms with Crippen LogP contribution in [0.2, 0.25) is 0 Å². The molecule has 2 nitrogen and oxygen atoms in total. The van der Waals surface area contributed by atoms with E-state index < -0.39 is 5.91 Å². The van der Waals surface area contributed by atoms with Crippen LogP contribution in [0.3, 0.4) is 0 Å². The third-order valence-electron chi connectivity index (χ3n) is 4.94. The topological polar surface area (TPSA) is 43.1 Å². The largest absolute Gasteiger partial charge is 0.366 e. The van der Waals surface area contributed by atoms with Gasteiger partial charge in [-0.05, 0) is 42.9 Å². The molecule has 0 aliphatic carbocycles. The van der Waals surface area contributed by atoms with E-state index in [1.807, 2.05) is 6.07 Å². The number of primary amides is 1. The minimum Gasteiger partial charge on any atom is -0.366 e. The molecule has 0 radical (unpaired) electrons. The second-order valence-corrected chi connectivity index (χ2v) is 7.11. The average Bonchev–Trinajstić information content (AvgIpc) is 2.59. The summed E-state index contributed by atoms with van der Waals surface area (Å²) < 4.78 is 14.7. The summed E-state index contributed by atoms with van der Waals surface area (Å²) in [6.07, 6.45) is 14.7. The summed E-state index contributed by atoms with van der Waals surface area (Å²) in [4.78, 5) is 11.4. The Balaban J connectivity index is 2.67. The molecule has 25 heavy (non-hydrogen) atoms. The van der Waals surface area contributed by atoms with Gasteiger partial charge in [0.2, 0.25) is 0 Å². The number of carbonyl (C=O) groups is 1. The smallest absolute Gasteiger partial charge is 0.251 e. The van der Waals surface area contributed by atoms with Crippen LogP contribution in [0.1, 0.15) is 106 Å². The summed E-state index contributed by atoms with van der Waals surface area (Å²) in [6.45, 7) is 4.41. The van der Waals surface area contributed by atoms with Gasteiger partial charge < -0.3 is 5.73 Å². The van der Waals surface area contributed by atoms with Crippen LogP contribution >= 0.6 is 0 Å². The zero-order valence-corrected chi connectivity index (χ0v) is 16.2. The van der Waals surface area contributed by atoms with E-state index in [4.69, 9.17) is 5.73 Å². The number of carbonyl (C=O) groups excluding carboxylic acids is 1. The number of unbranched alkanes of at least 4 members (excludes halogenated alkanes) is 9. The molecule has 0 aliphatic rings. The van der Waals surface area contributed by atoms with Crippen molar-refractivity contribution in [3.05, 3.63) is 34.6 Å². The first-order chi connectivity index (χ1) is 12.1. The molecule has 0 spiro atoms. The number of hydrogen-bond donors (Lipinski definition) is 1. The molecule has 142 valence electrons. The van der Waals surface area contributed by atoms with Crippen LogP contribution in [0.5, 0.6) is 0 Å². The van der Waals surface area contributed by atoms with Crippen molar-refractivity contribution < 1.29 is 9.18 Å². The van der Waals surface area contributed by atoms with Gasteiger partial charge in [-0.2, -0.15) is 0 Å². The molecule has 0 bridgehead atoms. The van der Waals surface area contributed by atoms with Gasteiger partial charge >= 0.3 is 0 Å². The van der Waals surface area contributed by atoms with Crippen LogP contribution in [0.4, 0.5) is 4.39 Å². The Morgan fingerprint density at radius 3 is 1.92 bits per heavy atom. The molecule has 0 atom stereocenters. The van der Waals surface area contributed by atoms with E-state index in [9.17, 15) is 9.18 Å². The maximum atomic E-state index is 14.7. The third-order valence-corrected chi connectivity index (χ3v) is 4.94. The van der Waals surface area contributed by atoms with Crippen LogP contribution in [0.15, 0.2) is 12.1 Å². The van der Waals surface area contributed by atoms with Crippen LogP contribution in [0, 0.1) is 5.82 Å². The first-order valence-electron chi connectivity index (χ1n) is 10.2. The van der Waals surface area contributed by atoms with Gasteiger partial charge in [-0.25, -0.2) is 4.39 Å². The summed E-state index contributed by atoms with van der Waals surface area (Å²) in [5.74, 6) is -1.05. The molecule has 0 heterocycles. The normalized spacial score (nSPS) is 11.0. The van der Waals surface area contributed by atoms with Crippen LogP contribution in [0.25, 0.3) is 0 Å². The number of hydrogen-bond acceptors (Lipinski definition) is 1. The number of amides is 1. The Kier molecular flexibility index (Phi) is 11.2. The highest BCUT2D eigenvalue weighted by molar-refractivity contribution is 5.93. The Morgan fingerprint density at radius 1 is 0.840 bits per heavy atom. The Bertz CT molecular complexity index is 513. The van der Waals surface area contributed by atoms with Gasteiger partial charge in [0, 0.05) is 0 Å². The summed E-state index contributed by atoms with van der Waals surface area (Å²) in [6, 6.07) is 3.47. The van der Waals surface area contributed by atoms with Gasteiger partial charge in [0.1, 0.15) is 5.82 Å². The lowest BCUT2D eigenvalue weighted by atomic mass is 9.93. The number of aryl methyl sites for hydroxylation is 1. The van der Waals surface area contributed by atoms with Crippen molar-refractivity contribution in [2.45, 2.75) is 97.3 Å². The van der Waals surface area contributed by atoms with E-state index in [2.05, 4.69) is 13.8 Å². The molecule has 1 aromatic carbocycles. The van der Waals surface area contributed by atoms with Crippen molar-refractivity contribution in [1.29, 1.82) is 0 Å². The van der Waals surface area contributed by atoms with Crippen molar-refractivity contribution >= 4 is 5.91 Å². The molecule has 1 aromatic rings. The standard InChI is InChI=1S/C22H36FNO/c1-3-5-7-9-11-13-15-19-18(14-12-10-8-6-4-2)16-17-20(21(19)23)22(24)25/h16-17H,3-15H2,1-2H3,(H2,24,25). The Labute approximate surface area is 153 Å². The van der Waals surface area contributed by atoms with E-state index in [0.717, 1.165) is 36.8 Å². The van der Waals surface area contributed by atoms with E-state index in [0.29, 0.717) is 6.42 Å². The van der Waals surface area contributed by atoms with Crippen molar-refractivity contribution in [2.75, 3.05) is 0 Å². The number of rotatable bonds is 14. The lowest BCUT2D eigenvalue weighted by Crippen LogP contribution is -2.15. The maximum absolute atomic E-state index is 14.7. The first-order valence-corrected chi connectivity index (χ1v) is 10.2. The predicted molar refractivity (Wildman–Crippen MR) is 104 cm³/mol. The van der Waals surface area contributed by atoms with E-state index in [1.54, 1.807) is 6.07 Å². The fourth-order valence-corrected chi connectivity index (χ4v) is 3.36. The van der Waals surface area contributed by atoms with Crippen LogP contribution in [-0.4, -0.2) is 5.91 Å². The van der Waals surface area contributed by atoms with Crippen LogP contribution in [-0.2, 0) is 12.8 Å². The fraction of sp³-hybridized carbons (Fsp3) is 0.682. The van der Waals surface area contributed by atoms with Gasteiger partial charge in [0.05, 0.1) is 5.56 Å². The number of halogens is 1. The van der Waals surface area contributed by atoms with Gasteiger partial charge in [0.25, 0.3) is 5.91 Å². The maximum Gasteiger partial charge on any atom is 0.251 e. The van der Waals surface area contributed by atoms with Crippen molar-refractivity contribution in [1.82, 2.24) is 0 Å². The van der Waals surface area contributed by atoms with Gasteiger partial charge in [-0.3, -0.25) is 4.79 Å². The summed E-state index contributed by atoms with van der Waals surface area (Å²) in [5, 5.41) is 0. The number of benzene rings is 1. The Morgan fingerprint density at radius 2 is 1.36 bits per heavy atom. The average molecular weight is 350 g/mol. The highest BCUT2D eigenvalue weighted by atomic mass is 19.1. The zero-order chi connectivity index (χ0) is 18.5. The third kappa shape index (κ3) is 8.02. The summed E-state index contributed by atoms with van der Waals surface area (Å²) >= 11 is 0. The quantitative estimate of drug-likeness (QED) is 0.391. The highest BCUT2D eigenvalue weighted by Crippen LogP contribution is 2.23. The monoisotopic (exact) mass is 349 g/mol. The Hall–Kier alpha value is -1.38. The molecule has 1 amide bonds. The highest BCUT2D eigenvalue weighted by Gasteiger charge is 2.16. The molecule has 0 saturated heterocycles. The molecule has 2 N–H and O–H groups in total. The lowest BCUT2D eigenvalue weighted by molar-refractivity contribution is 0.0996. The zero-order valence-electron chi connectivity index (χ0n) is 16.2. The minimum atomic E-state index is -0.670. The lowest BCUT2D eigenvalue weighted by Gasteiger charge is -2.13. The molecule has 0 unspecified atom stereocenters. The van der Waals surface area contributed by atoms with E-state index >= 15 is 0 Å². The van der Waals surface area contributed by atoms with Crippen molar-refractivity contribution in [2.24, 2.45) is 5.73 Å². The summed E-state index contributed by atoms with van der Waals surface area (Å²) in [5.41, 5.74) is 7.14. The summed E-state index contributed by atoms with van der Waals surface area (Å²) in [7, 11) is 0. The molecule has 3 heteroatoms. The molecular formula is C22H36FNO. The van der Waals surface area contributed by atoms with Gasteiger partial charge in [-0.1, -0.05) is 77.7 Å². The molecular weight excluding hydrogens is 313 g/mol.